The van der Waals surface area contributed by atoms with Crippen molar-refractivity contribution in [1.82, 2.24) is 0 Å². The minimum Gasteiger partial charge on any atom is -0.491 e. The maximum absolute atomic E-state index is 5.77. The Morgan fingerprint density at radius 2 is 1.50 bits per heavy atom. The lowest BCUT2D eigenvalue weighted by atomic mass is 9.78. The van der Waals surface area contributed by atoms with E-state index in [4.69, 9.17) is 9.47 Å². The molecule has 0 N–H and O–H groups in total. The van der Waals surface area contributed by atoms with Crippen molar-refractivity contribution < 1.29 is 9.47 Å². The Balaban J connectivity index is 2.05. The van der Waals surface area contributed by atoms with Gasteiger partial charge in [-0.2, -0.15) is 0 Å². The monoisotopic (exact) mass is 298 g/mol. The van der Waals surface area contributed by atoms with Gasteiger partial charge in [-0.3, -0.25) is 0 Å². The van der Waals surface area contributed by atoms with E-state index in [0.29, 0.717) is 13.2 Å². The first-order chi connectivity index (χ1) is 10.5. The lowest BCUT2D eigenvalue weighted by molar-refractivity contribution is 0.0402. The number of rotatable bonds is 7. The highest BCUT2D eigenvalue weighted by atomic mass is 16.5. The van der Waals surface area contributed by atoms with Gasteiger partial charge in [-0.1, -0.05) is 56.3 Å². The summed E-state index contributed by atoms with van der Waals surface area (Å²) < 4.78 is 11.2. The van der Waals surface area contributed by atoms with Crippen LogP contribution in [0.4, 0.5) is 0 Å². The SMILES string of the molecule is CCOC(C)COc1ccc(C(C)(C)c2ccccc2)cc1. The second-order valence-electron chi connectivity index (χ2n) is 6.09. The summed E-state index contributed by atoms with van der Waals surface area (Å²) in [4.78, 5) is 0. The first kappa shape index (κ1) is 16.6. The second kappa shape index (κ2) is 7.46. The number of hydrogen-bond donors (Lipinski definition) is 0. The highest BCUT2D eigenvalue weighted by Gasteiger charge is 2.22. The van der Waals surface area contributed by atoms with Crippen LogP contribution in [0, 0.1) is 0 Å². The molecule has 0 saturated heterocycles. The quantitative estimate of drug-likeness (QED) is 0.730. The van der Waals surface area contributed by atoms with Gasteiger partial charge < -0.3 is 9.47 Å². The van der Waals surface area contributed by atoms with Crippen LogP contribution < -0.4 is 4.74 Å². The van der Waals surface area contributed by atoms with Gasteiger partial charge in [0.2, 0.25) is 0 Å². The molecule has 0 aromatic heterocycles. The van der Waals surface area contributed by atoms with Gasteiger partial charge in [0.15, 0.2) is 0 Å². The molecule has 2 rings (SSSR count). The Labute approximate surface area is 134 Å². The molecule has 0 aliphatic carbocycles. The molecule has 2 heteroatoms. The van der Waals surface area contributed by atoms with Crippen molar-refractivity contribution in [2.45, 2.75) is 39.2 Å². The molecule has 118 valence electrons. The lowest BCUT2D eigenvalue weighted by Crippen LogP contribution is -2.19. The predicted octanol–water partition coefficient (Wildman–Crippen LogP) is 4.82. The Hall–Kier alpha value is -1.80. The first-order valence-corrected chi connectivity index (χ1v) is 7.94. The van der Waals surface area contributed by atoms with Crippen LogP contribution in [-0.2, 0) is 10.2 Å². The zero-order valence-electron chi connectivity index (χ0n) is 14.0. The molecule has 2 aromatic carbocycles. The smallest absolute Gasteiger partial charge is 0.119 e. The van der Waals surface area contributed by atoms with Crippen molar-refractivity contribution in [3.8, 4) is 5.75 Å². The normalized spacial score (nSPS) is 12.9. The van der Waals surface area contributed by atoms with Crippen molar-refractivity contribution in [1.29, 1.82) is 0 Å². The third-order valence-corrected chi connectivity index (χ3v) is 4.01. The fourth-order valence-corrected chi connectivity index (χ4v) is 2.54. The molecule has 0 aliphatic heterocycles. The molecule has 0 bridgehead atoms. The highest BCUT2D eigenvalue weighted by Crippen LogP contribution is 2.32. The molecule has 1 unspecified atom stereocenters. The Morgan fingerprint density at radius 3 is 2.09 bits per heavy atom. The van der Waals surface area contributed by atoms with E-state index in [0.717, 1.165) is 5.75 Å². The largest absolute Gasteiger partial charge is 0.491 e. The van der Waals surface area contributed by atoms with Crippen LogP contribution in [0.5, 0.6) is 5.75 Å². The fourth-order valence-electron chi connectivity index (χ4n) is 2.54. The average molecular weight is 298 g/mol. The minimum atomic E-state index is -0.0155. The number of benzene rings is 2. The first-order valence-electron chi connectivity index (χ1n) is 7.94. The van der Waals surface area contributed by atoms with Gasteiger partial charge in [0.05, 0.1) is 6.10 Å². The summed E-state index contributed by atoms with van der Waals surface area (Å²) in [6, 6.07) is 18.9. The second-order valence-corrected chi connectivity index (χ2v) is 6.09. The van der Waals surface area contributed by atoms with Crippen LogP contribution in [0.25, 0.3) is 0 Å². The van der Waals surface area contributed by atoms with Crippen LogP contribution in [0.1, 0.15) is 38.8 Å². The van der Waals surface area contributed by atoms with E-state index in [9.17, 15) is 0 Å². The third kappa shape index (κ3) is 4.11. The van der Waals surface area contributed by atoms with Gasteiger partial charge in [0, 0.05) is 12.0 Å². The van der Waals surface area contributed by atoms with Crippen molar-refractivity contribution >= 4 is 0 Å². The van der Waals surface area contributed by atoms with Crippen LogP contribution in [-0.4, -0.2) is 19.3 Å². The van der Waals surface area contributed by atoms with Gasteiger partial charge >= 0.3 is 0 Å². The molecule has 0 amide bonds. The number of ether oxygens (including phenoxy) is 2. The van der Waals surface area contributed by atoms with E-state index < -0.39 is 0 Å². The molecule has 0 spiro atoms. The minimum absolute atomic E-state index is 0.0155. The molecule has 2 aromatic rings. The Morgan fingerprint density at radius 1 is 0.909 bits per heavy atom. The molecule has 0 saturated carbocycles. The van der Waals surface area contributed by atoms with Crippen LogP contribution >= 0.6 is 0 Å². The zero-order chi connectivity index (χ0) is 16.0. The summed E-state index contributed by atoms with van der Waals surface area (Å²) in [5.41, 5.74) is 2.58. The van der Waals surface area contributed by atoms with Gasteiger partial charge in [0.25, 0.3) is 0 Å². The fraction of sp³-hybridized carbons (Fsp3) is 0.400. The maximum atomic E-state index is 5.77. The Kier molecular flexibility index (Phi) is 5.62. The summed E-state index contributed by atoms with van der Waals surface area (Å²) in [7, 11) is 0. The van der Waals surface area contributed by atoms with Crippen LogP contribution in [0.15, 0.2) is 54.6 Å². The molecule has 0 heterocycles. The standard InChI is InChI=1S/C20H26O2/c1-5-21-16(2)15-22-19-13-11-18(12-14-19)20(3,4)17-9-7-6-8-10-17/h6-14,16H,5,15H2,1-4H3. The van der Waals surface area contributed by atoms with E-state index in [2.05, 4.69) is 56.3 Å². The van der Waals surface area contributed by atoms with E-state index in [1.807, 2.05) is 26.0 Å². The van der Waals surface area contributed by atoms with E-state index in [1.54, 1.807) is 0 Å². The van der Waals surface area contributed by atoms with Crippen molar-refractivity contribution in [3.05, 3.63) is 65.7 Å². The van der Waals surface area contributed by atoms with Crippen molar-refractivity contribution in [2.75, 3.05) is 13.2 Å². The molecular weight excluding hydrogens is 272 g/mol. The molecule has 0 aliphatic rings. The molecular formula is C20H26O2. The topological polar surface area (TPSA) is 18.5 Å². The summed E-state index contributed by atoms with van der Waals surface area (Å²) >= 11 is 0. The van der Waals surface area contributed by atoms with Gasteiger partial charge in [-0.15, -0.1) is 0 Å². The molecule has 1 atom stereocenters. The summed E-state index contributed by atoms with van der Waals surface area (Å²) in [5, 5.41) is 0. The third-order valence-electron chi connectivity index (χ3n) is 4.01. The molecule has 0 radical (unpaired) electrons. The van der Waals surface area contributed by atoms with Crippen molar-refractivity contribution in [2.24, 2.45) is 0 Å². The van der Waals surface area contributed by atoms with Gasteiger partial charge in [0.1, 0.15) is 12.4 Å². The van der Waals surface area contributed by atoms with Crippen molar-refractivity contribution in [3.63, 3.8) is 0 Å². The van der Waals surface area contributed by atoms with Crippen LogP contribution in [0.3, 0.4) is 0 Å². The zero-order valence-corrected chi connectivity index (χ0v) is 14.0. The highest BCUT2D eigenvalue weighted by molar-refractivity contribution is 5.39. The summed E-state index contributed by atoms with van der Waals surface area (Å²) in [6.45, 7) is 9.81. The van der Waals surface area contributed by atoms with E-state index in [-0.39, 0.29) is 11.5 Å². The predicted molar refractivity (Wildman–Crippen MR) is 91.6 cm³/mol. The molecule has 22 heavy (non-hydrogen) atoms. The van der Waals surface area contributed by atoms with E-state index >= 15 is 0 Å². The Bertz CT molecular complexity index is 558. The number of hydrogen-bond acceptors (Lipinski definition) is 2. The van der Waals surface area contributed by atoms with Gasteiger partial charge in [-0.05, 0) is 37.1 Å². The van der Waals surface area contributed by atoms with Gasteiger partial charge in [-0.25, -0.2) is 0 Å². The average Bonchev–Trinajstić information content (AvgIpc) is 2.54. The summed E-state index contributed by atoms with van der Waals surface area (Å²) in [6.07, 6.45) is 0.116. The lowest BCUT2D eigenvalue weighted by Gasteiger charge is -2.26. The molecule has 2 nitrogen and oxygen atoms in total. The van der Waals surface area contributed by atoms with E-state index in [1.165, 1.54) is 11.1 Å². The summed E-state index contributed by atoms with van der Waals surface area (Å²) in [5.74, 6) is 0.888. The molecule has 0 fully saturated rings. The van der Waals surface area contributed by atoms with Crippen LogP contribution in [0.2, 0.25) is 0 Å². The maximum Gasteiger partial charge on any atom is 0.119 e.